The number of hydrogen-bond donors (Lipinski definition) is 1. The average molecular weight is 349 g/mol. The summed E-state index contributed by atoms with van der Waals surface area (Å²) in [4.78, 5) is 27.2. The number of amides is 1. The molecule has 1 fully saturated rings. The standard InChI is InChI=1S/C20H19N3O3/c1-23-16(14-5-3-4-6-18(14)26-2)8-12-9-19(21-10-17(12)23)22-20(25)15-7-13(15)11-24/h3-6,8-11,13,15H,7H2,1-2H3,(H,21,22,25)/t13-,15+/m0/s1. The highest BCUT2D eigenvalue weighted by molar-refractivity contribution is 5.98. The molecule has 0 saturated heterocycles. The van der Waals surface area contributed by atoms with Crippen LogP contribution in [0.25, 0.3) is 22.2 Å². The van der Waals surface area contributed by atoms with Gasteiger partial charge < -0.3 is 19.4 Å². The summed E-state index contributed by atoms with van der Waals surface area (Å²) in [6.45, 7) is 0. The highest BCUT2D eigenvalue weighted by atomic mass is 16.5. The molecule has 1 aliphatic carbocycles. The van der Waals surface area contributed by atoms with Crippen LogP contribution in [0.15, 0.2) is 42.6 Å². The van der Waals surface area contributed by atoms with Gasteiger partial charge in [-0.05, 0) is 30.7 Å². The molecular formula is C20H19N3O3. The van der Waals surface area contributed by atoms with Crippen molar-refractivity contribution in [3.63, 3.8) is 0 Å². The van der Waals surface area contributed by atoms with Crippen molar-refractivity contribution in [3.8, 4) is 17.0 Å². The van der Waals surface area contributed by atoms with E-state index >= 15 is 0 Å². The fraction of sp³-hybridized carbons (Fsp3) is 0.250. The highest BCUT2D eigenvalue weighted by Crippen LogP contribution is 2.38. The first-order chi connectivity index (χ1) is 12.6. The number of ether oxygens (including phenoxy) is 1. The maximum absolute atomic E-state index is 12.1. The van der Waals surface area contributed by atoms with E-state index in [1.165, 1.54) is 0 Å². The van der Waals surface area contributed by atoms with Crippen LogP contribution in [0.4, 0.5) is 5.82 Å². The minimum Gasteiger partial charge on any atom is -0.496 e. The molecule has 2 atom stereocenters. The van der Waals surface area contributed by atoms with Crippen LogP contribution in [0.1, 0.15) is 6.42 Å². The summed E-state index contributed by atoms with van der Waals surface area (Å²) < 4.78 is 7.52. The molecule has 1 saturated carbocycles. The van der Waals surface area contributed by atoms with Crippen LogP contribution in [0, 0.1) is 11.8 Å². The van der Waals surface area contributed by atoms with Gasteiger partial charge in [-0.15, -0.1) is 0 Å². The number of nitrogens with one attached hydrogen (secondary N) is 1. The van der Waals surface area contributed by atoms with Gasteiger partial charge in [-0.1, -0.05) is 12.1 Å². The molecule has 132 valence electrons. The number of anilines is 1. The number of carbonyl (C=O) groups is 2. The maximum atomic E-state index is 12.1. The molecule has 1 aliphatic rings. The molecule has 3 aromatic rings. The summed E-state index contributed by atoms with van der Waals surface area (Å²) >= 11 is 0. The van der Waals surface area contributed by atoms with Crippen molar-refractivity contribution in [1.82, 2.24) is 9.55 Å². The smallest absolute Gasteiger partial charge is 0.229 e. The summed E-state index contributed by atoms with van der Waals surface area (Å²) in [7, 11) is 3.63. The summed E-state index contributed by atoms with van der Waals surface area (Å²) in [6, 6.07) is 11.7. The van der Waals surface area contributed by atoms with Gasteiger partial charge in [0.15, 0.2) is 0 Å². The molecule has 1 aromatic carbocycles. The molecule has 2 aromatic heterocycles. The Balaban J connectivity index is 1.67. The Bertz CT molecular complexity index is 1010. The number of rotatable bonds is 5. The van der Waals surface area contributed by atoms with Crippen LogP contribution in [0.5, 0.6) is 5.75 Å². The van der Waals surface area contributed by atoms with E-state index in [4.69, 9.17) is 4.74 Å². The number of para-hydroxylation sites is 1. The minimum atomic E-state index is -0.218. The topological polar surface area (TPSA) is 73.2 Å². The zero-order chi connectivity index (χ0) is 18.3. The van der Waals surface area contributed by atoms with Gasteiger partial charge in [0.05, 0.1) is 24.5 Å². The zero-order valence-corrected chi connectivity index (χ0v) is 14.6. The third kappa shape index (κ3) is 2.73. The van der Waals surface area contributed by atoms with Crippen LogP contribution in [0.2, 0.25) is 0 Å². The lowest BCUT2D eigenvalue weighted by Crippen LogP contribution is -2.15. The number of benzene rings is 1. The number of fused-ring (bicyclic) bond motifs is 1. The van der Waals surface area contributed by atoms with Gasteiger partial charge in [0.1, 0.15) is 17.9 Å². The molecule has 0 aliphatic heterocycles. The Morgan fingerprint density at radius 2 is 2.15 bits per heavy atom. The van der Waals surface area contributed by atoms with E-state index in [0.717, 1.165) is 34.2 Å². The largest absolute Gasteiger partial charge is 0.496 e. The maximum Gasteiger partial charge on any atom is 0.229 e. The summed E-state index contributed by atoms with van der Waals surface area (Å²) in [5, 5.41) is 3.78. The van der Waals surface area contributed by atoms with Crippen molar-refractivity contribution in [3.05, 3.63) is 42.6 Å². The molecule has 1 amide bonds. The second-order valence-corrected chi connectivity index (χ2v) is 6.55. The van der Waals surface area contributed by atoms with Gasteiger partial charge in [0, 0.05) is 29.8 Å². The Morgan fingerprint density at radius 1 is 1.35 bits per heavy atom. The van der Waals surface area contributed by atoms with Crippen molar-refractivity contribution in [2.75, 3.05) is 12.4 Å². The average Bonchev–Trinajstić information content (AvgIpc) is 3.39. The second-order valence-electron chi connectivity index (χ2n) is 6.55. The Morgan fingerprint density at radius 3 is 2.88 bits per heavy atom. The molecule has 6 nitrogen and oxygen atoms in total. The Labute approximate surface area is 150 Å². The normalized spacial score (nSPS) is 18.5. The third-order valence-corrected chi connectivity index (χ3v) is 4.91. The zero-order valence-electron chi connectivity index (χ0n) is 14.6. The van der Waals surface area contributed by atoms with Crippen molar-refractivity contribution in [1.29, 1.82) is 0 Å². The molecule has 6 heteroatoms. The lowest BCUT2D eigenvalue weighted by Gasteiger charge is -2.09. The monoisotopic (exact) mass is 349 g/mol. The Hall–Kier alpha value is -3.15. The number of carbonyl (C=O) groups excluding carboxylic acids is 2. The quantitative estimate of drug-likeness (QED) is 0.719. The molecule has 0 unspecified atom stereocenters. The predicted octanol–water partition coefficient (Wildman–Crippen LogP) is 3.02. The highest BCUT2D eigenvalue weighted by Gasteiger charge is 2.42. The van der Waals surface area contributed by atoms with E-state index in [9.17, 15) is 9.59 Å². The van der Waals surface area contributed by atoms with Crippen LogP contribution >= 0.6 is 0 Å². The first-order valence-corrected chi connectivity index (χ1v) is 8.47. The van der Waals surface area contributed by atoms with E-state index in [1.807, 2.05) is 37.4 Å². The van der Waals surface area contributed by atoms with Crippen molar-refractivity contribution in [2.24, 2.45) is 18.9 Å². The van der Waals surface area contributed by atoms with Crippen LogP contribution < -0.4 is 10.1 Å². The summed E-state index contributed by atoms with van der Waals surface area (Å²) in [6.07, 6.45) is 3.21. The van der Waals surface area contributed by atoms with Crippen molar-refractivity contribution < 1.29 is 14.3 Å². The van der Waals surface area contributed by atoms with E-state index in [0.29, 0.717) is 12.2 Å². The van der Waals surface area contributed by atoms with Gasteiger partial charge in [0.25, 0.3) is 0 Å². The van der Waals surface area contributed by atoms with E-state index in [1.54, 1.807) is 13.3 Å². The fourth-order valence-electron chi connectivity index (χ4n) is 3.30. The third-order valence-electron chi connectivity index (χ3n) is 4.91. The molecule has 0 bridgehead atoms. The number of methoxy groups -OCH3 is 1. The summed E-state index contributed by atoms with van der Waals surface area (Å²) in [5.41, 5.74) is 2.96. The van der Waals surface area contributed by atoms with E-state index in [2.05, 4.69) is 20.9 Å². The molecule has 0 radical (unpaired) electrons. The molecule has 1 N–H and O–H groups in total. The van der Waals surface area contributed by atoms with Gasteiger partial charge in [-0.3, -0.25) is 4.79 Å². The number of aryl methyl sites for hydroxylation is 1. The first-order valence-electron chi connectivity index (χ1n) is 8.47. The van der Waals surface area contributed by atoms with Crippen LogP contribution in [-0.2, 0) is 16.6 Å². The number of aldehydes is 1. The Kier molecular flexibility index (Phi) is 3.95. The second kappa shape index (κ2) is 6.29. The first kappa shape index (κ1) is 16.3. The minimum absolute atomic E-state index is 0.144. The SMILES string of the molecule is COc1ccccc1-c1cc2cc(NC(=O)[C@@H]3C[C@H]3C=O)ncc2n1C. The number of nitrogens with zero attached hydrogens (tertiary/aromatic N) is 2. The van der Waals surface area contributed by atoms with Gasteiger partial charge >= 0.3 is 0 Å². The molecule has 0 spiro atoms. The molecule has 4 rings (SSSR count). The fourth-order valence-corrected chi connectivity index (χ4v) is 3.30. The van der Waals surface area contributed by atoms with E-state index in [-0.39, 0.29) is 17.7 Å². The van der Waals surface area contributed by atoms with Gasteiger partial charge in [-0.25, -0.2) is 4.98 Å². The molecular weight excluding hydrogens is 330 g/mol. The predicted molar refractivity (Wildman–Crippen MR) is 99.0 cm³/mol. The molecule has 26 heavy (non-hydrogen) atoms. The van der Waals surface area contributed by atoms with Gasteiger partial charge in [0.2, 0.25) is 5.91 Å². The van der Waals surface area contributed by atoms with Crippen LogP contribution in [0.3, 0.4) is 0 Å². The van der Waals surface area contributed by atoms with Crippen LogP contribution in [-0.4, -0.2) is 28.9 Å². The number of aromatic nitrogens is 2. The summed E-state index contributed by atoms with van der Waals surface area (Å²) in [5.74, 6) is 0.789. The molecule has 2 heterocycles. The number of pyridine rings is 1. The number of hydrogen-bond acceptors (Lipinski definition) is 4. The van der Waals surface area contributed by atoms with Crippen molar-refractivity contribution in [2.45, 2.75) is 6.42 Å². The van der Waals surface area contributed by atoms with Gasteiger partial charge in [-0.2, -0.15) is 0 Å². The van der Waals surface area contributed by atoms with E-state index < -0.39 is 0 Å². The van der Waals surface area contributed by atoms with Crippen molar-refractivity contribution >= 4 is 28.9 Å². The lowest BCUT2D eigenvalue weighted by atomic mass is 10.1. The lowest BCUT2D eigenvalue weighted by molar-refractivity contribution is -0.119.